The van der Waals surface area contributed by atoms with Crippen LogP contribution in [0.5, 0.6) is 5.75 Å². The highest BCUT2D eigenvalue weighted by Crippen LogP contribution is 2.60. The van der Waals surface area contributed by atoms with E-state index in [1.807, 2.05) is 29.1 Å². The van der Waals surface area contributed by atoms with Gasteiger partial charge in [-0.1, -0.05) is 6.07 Å². The molecule has 1 amide bonds. The van der Waals surface area contributed by atoms with Crippen LogP contribution in [0.2, 0.25) is 0 Å². The molecular formula is C20H25N5O2S. The summed E-state index contributed by atoms with van der Waals surface area (Å²) in [6, 6.07) is 7.84. The monoisotopic (exact) mass is 399 g/mol. The number of ether oxygens (including phenoxy) is 1. The second-order valence-corrected chi connectivity index (χ2v) is 9.76. The molecule has 4 aliphatic carbocycles. The van der Waals surface area contributed by atoms with Crippen LogP contribution in [0.1, 0.15) is 38.5 Å². The van der Waals surface area contributed by atoms with Gasteiger partial charge < -0.3 is 10.1 Å². The van der Waals surface area contributed by atoms with Crippen LogP contribution < -0.4 is 10.1 Å². The third kappa shape index (κ3) is 3.17. The second kappa shape index (κ2) is 6.76. The van der Waals surface area contributed by atoms with E-state index in [0.29, 0.717) is 17.6 Å². The van der Waals surface area contributed by atoms with Crippen molar-refractivity contribution in [1.29, 1.82) is 0 Å². The van der Waals surface area contributed by atoms with Crippen LogP contribution in [0.4, 0.5) is 0 Å². The van der Waals surface area contributed by atoms with E-state index < -0.39 is 0 Å². The van der Waals surface area contributed by atoms with Crippen molar-refractivity contribution in [3.8, 4) is 5.75 Å². The molecule has 1 aromatic carbocycles. The summed E-state index contributed by atoms with van der Waals surface area (Å²) in [6.07, 6.45) is 8.08. The summed E-state index contributed by atoms with van der Waals surface area (Å²) in [6.45, 7) is 0. The summed E-state index contributed by atoms with van der Waals surface area (Å²) >= 11 is 1.55. The summed E-state index contributed by atoms with van der Waals surface area (Å²) < 4.78 is 5.27. The lowest BCUT2D eigenvalue weighted by Gasteiger charge is -2.61. The van der Waals surface area contributed by atoms with Crippen LogP contribution in [0.25, 0.3) is 0 Å². The molecule has 6 rings (SSSR count). The number of benzene rings is 1. The molecule has 28 heavy (non-hydrogen) atoms. The number of methoxy groups -OCH3 is 1. The maximum Gasteiger partial charge on any atom is 0.230 e. The van der Waals surface area contributed by atoms with Crippen molar-refractivity contribution >= 4 is 17.7 Å². The van der Waals surface area contributed by atoms with Crippen molar-refractivity contribution in [2.75, 3.05) is 12.9 Å². The standard InChI is InChI=1S/C20H25N5O2S/c1-27-16-3-2-4-17(6-16)28-11-18(26)23-19-7-14-5-15(8-19)10-20(9-14,12-19)25-22-13-21-24-25/h2-4,6,13-15H,5,7-12H2,1H3,(H,23,26)/t14-,15+,19?,20?. The van der Waals surface area contributed by atoms with Gasteiger partial charge in [-0.15, -0.1) is 22.0 Å². The van der Waals surface area contributed by atoms with E-state index in [9.17, 15) is 4.79 Å². The first-order valence-corrected chi connectivity index (χ1v) is 10.9. The van der Waals surface area contributed by atoms with Crippen LogP contribution in [-0.2, 0) is 10.3 Å². The van der Waals surface area contributed by atoms with E-state index in [0.717, 1.165) is 42.7 Å². The van der Waals surface area contributed by atoms with Crippen LogP contribution in [-0.4, -0.2) is 44.5 Å². The molecule has 2 unspecified atom stereocenters. The van der Waals surface area contributed by atoms with Crippen molar-refractivity contribution in [3.63, 3.8) is 0 Å². The second-order valence-electron chi connectivity index (χ2n) is 8.71. The molecule has 4 saturated carbocycles. The summed E-state index contributed by atoms with van der Waals surface area (Å²) in [5.41, 5.74) is -0.197. The van der Waals surface area contributed by atoms with E-state index in [2.05, 4.69) is 20.7 Å². The zero-order valence-corrected chi connectivity index (χ0v) is 16.8. The molecule has 0 radical (unpaired) electrons. The fraction of sp³-hybridized carbons (Fsp3) is 0.600. The molecular weight excluding hydrogens is 374 g/mol. The van der Waals surface area contributed by atoms with Crippen molar-refractivity contribution < 1.29 is 9.53 Å². The SMILES string of the molecule is COc1cccc(SCC(=O)NC23C[C@H]4C[C@@H](C2)CC(n2ncnn2)(C4)C3)c1. The van der Waals surface area contributed by atoms with Gasteiger partial charge in [-0.05, 0) is 73.8 Å². The van der Waals surface area contributed by atoms with E-state index >= 15 is 0 Å². The maximum atomic E-state index is 12.8. The molecule has 4 fully saturated rings. The molecule has 2 aromatic rings. The fourth-order valence-electron chi connectivity index (χ4n) is 6.15. The lowest BCUT2D eigenvalue weighted by molar-refractivity contribution is -0.129. The predicted octanol–water partition coefficient (Wildman–Crippen LogP) is 2.64. The van der Waals surface area contributed by atoms with Gasteiger partial charge in [0.05, 0.1) is 18.4 Å². The molecule has 1 aromatic heterocycles. The van der Waals surface area contributed by atoms with Gasteiger partial charge in [0, 0.05) is 10.4 Å². The number of nitrogens with one attached hydrogen (secondary N) is 1. The molecule has 1 N–H and O–H groups in total. The zero-order chi connectivity index (χ0) is 19.2. The first-order valence-electron chi connectivity index (χ1n) is 9.90. The molecule has 4 atom stereocenters. The molecule has 1 heterocycles. The molecule has 8 heteroatoms. The van der Waals surface area contributed by atoms with E-state index in [1.54, 1.807) is 18.9 Å². The average molecular weight is 400 g/mol. The molecule has 4 bridgehead atoms. The Balaban J connectivity index is 1.29. The van der Waals surface area contributed by atoms with E-state index in [4.69, 9.17) is 4.74 Å². The Kier molecular flexibility index (Phi) is 4.34. The summed E-state index contributed by atoms with van der Waals surface area (Å²) in [5, 5.41) is 16.0. The topological polar surface area (TPSA) is 81.9 Å². The Bertz CT molecular complexity index is 857. The zero-order valence-electron chi connectivity index (χ0n) is 16.0. The lowest BCUT2D eigenvalue weighted by Crippen LogP contribution is -2.66. The predicted molar refractivity (Wildman–Crippen MR) is 105 cm³/mol. The minimum atomic E-state index is -0.121. The number of tetrazole rings is 1. The number of hydrogen-bond donors (Lipinski definition) is 1. The maximum absolute atomic E-state index is 12.8. The van der Waals surface area contributed by atoms with E-state index in [1.165, 1.54) is 12.7 Å². The van der Waals surface area contributed by atoms with E-state index in [-0.39, 0.29) is 17.0 Å². The average Bonchev–Trinajstić information content (AvgIpc) is 3.21. The summed E-state index contributed by atoms with van der Waals surface area (Å²) in [5.74, 6) is 2.61. The van der Waals surface area contributed by atoms with Gasteiger partial charge in [0.1, 0.15) is 5.75 Å². The van der Waals surface area contributed by atoms with Gasteiger partial charge in [0.15, 0.2) is 6.33 Å². The third-order valence-corrected chi connectivity index (χ3v) is 7.61. The van der Waals surface area contributed by atoms with Crippen LogP contribution in [0.15, 0.2) is 35.5 Å². The first kappa shape index (κ1) is 18.0. The first-order chi connectivity index (χ1) is 13.6. The fourth-order valence-corrected chi connectivity index (χ4v) is 6.89. The smallest absolute Gasteiger partial charge is 0.230 e. The highest BCUT2D eigenvalue weighted by molar-refractivity contribution is 8.00. The quantitative estimate of drug-likeness (QED) is 0.752. The van der Waals surface area contributed by atoms with Crippen molar-refractivity contribution in [1.82, 2.24) is 25.5 Å². The number of carbonyl (C=O) groups excluding carboxylic acids is 1. The van der Waals surface area contributed by atoms with Crippen molar-refractivity contribution in [2.45, 2.75) is 54.5 Å². The van der Waals surface area contributed by atoms with Gasteiger partial charge in [-0.25, -0.2) is 0 Å². The Morgan fingerprint density at radius 3 is 2.86 bits per heavy atom. The number of aromatic nitrogens is 4. The van der Waals surface area contributed by atoms with Gasteiger partial charge in [0.2, 0.25) is 5.91 Å². The number of nitrogens with zero attached hydrogens (tertiary/aromatic N) is 4. The van der Waals surface area contributed by atoms with Gasteiger partial charge in [-0.2, -0.15) is 4.80 Å². The number of thioether (sulfide) groups is 1. The van der Waals surface area contributed by atoms with Crippen LogP contribution >= 0.6 is 11.8 Å². The number of hydrogen-bond acceptors (Lipinski definition) is 6. The molecule has 4 aliphatic rings. The lowest BCUT2D eigenvalue weighted by atomic mass is 9.50. The van der Waals surface area contributed by atoms with Gasteiger partial charge in [-0.3, -0.25) is 4.79 Å². The summed E-state index contributed by atoms with van der Waals surface area (Å²) in [7, 11) is 1.66. The van der Waals surface area contributed by atoms with Gasteiger partial charge >= 0.3 is 0 Å². The minimum absolute atomic E-state index is 0.0756. The Hall–Kier alpha value is -2.09. The Labute approximate surface area is 168 Å². The molecule has 7 nitrogen and oxygen atoms in total. The summed E-state index contributed by atoms with van der Waals surface area (Å²) in [4.78, 5) is 15.7. The van der Waals surface area contributed by atoms with Crippen LogP contribution in [0, 0.1) is 11.8 Å². The minimum Gasteiger partial charge on any atom is -0.497 e. The largest absolute Gasteiger partial charge is 0.497 e. The van der Waals surface area contributed by atoms with Crippen molar-refractivity contribution in [3.05, 3.63) is 30.6 Å². The molecule has 148 valence electrons. The van der Waals surface area contributed by atoms with Crippen LogP contribution in [0.3, 0.4) is 0 Å². The molecule has 0 spiro atoms. The highest BCUT2D eigenvalue weighted by atomic mass is 32.2. The molecule has 0 aliphatic heterocycles. The molecule has 0 saturated heterocycles. The third-order valence-electron chi connectivity index (χ3n) is 6.62. The highest BCUT2D eigenvalue weighted by Gasteiger charge is 2.60. The van der Waals surface area contributed by atoms with Gasteiger partial charge in [0.25, 0.3) is 0 Å². The Morgan fingerprint density at radius 1 is 1.32 bits per heavy atom. The Morgan fingerprint density at radius 2 is 2.14 bits per heavy atom. The van der Waals surface area contributed by atoms with Crippen molar-refractivity contribution in [2.24, 2.45) is 11.8 Å². The number of amides is 1. The number of carbonyl (C=O) groups is 1. The normalized spacial score (nSPS) is 33.0. The number of rotatable bonds is 6.